The predicted molar refractivity (Wildman–Crippen MR) is 71.8 cm³/mol. The van der Waals surface area contributed by atoms with Gasteiger partial charge in [-0.15, -0.1) is 0 Å². The van der Waals surface area contributed by atoms with Gasteiger partial charge in [0.15, 0.2) is 0 Å². The van der Waals surface area contributed by atoms with Gasteiger partial charge < -0.3 is 15.8 Å². The largest absolute Gasteiger partial charge is 0.497 e. The standard InChI is InChI=1S/C8H10O.C3H10N2.C2H6/c1-7-3-5-8(9-2)6-4-7;1-3(4)5-2;1-2/h3-6H,1-2H3;3,5H,4H2,1-2H3;1-2H3. The molecule has 0 heterocycles. The van der Waals surface area contributed by atoms with Crippen molar-refractivity contribution in [1.82, 2.24) is 5.32 Å². The maximum absolute atomic E-state index is 5.18. The second-order valence-corrected chi connectivity index (χ2v) is 3.09. The smallest absolute Gasteiger partial charge is 0.118 e. The highest BCUT2D eigenvalue weighted by molar-refractivity contribution is 5.25. The highest BCUT2D eigenvalue weighted by Gasteiger charge is 1.85. The Morgan fingerprint density at radius 1 is 1.19 bits per heavy atom. The first kappa shape index (κ1) is 17.3. The van der Waals surface area contributed by atoms with Gasteiger partial charge in [0.1, 0.15) is 5.75 Å². The van der Waals surface area contributed by atoms with E-state index < -0.39 is 0 Å². The van der Waals surface area contributed by atoms with Gasteiger partial charge in [-0.25, -0.2) is 0 Å². The third kappa shape index (κ3) is 11.0. The van der Waals surface area contributed by atoms with E-state index in [-0.39, 0.29) is 6.17 Å². The topological polar surface area (TPSA) is 47.3 Å². The summed E-state index contributed by atoms with van der Waals surface area (Å²) >= 11 is 0. The number of aryl methyl sites for hydroxylation is 1. The third-order valence-corrected chi connectivity index (χ3v) is 1.71. The monoisotopic (exact) mass is 226 g/mol. The van der Waals surface area contributed by atoms with E-state index in [1.165, 1.54) is 5.56 Å². The number of benzene rings is 1. The summed E-state index contributed by atoms with van der Waals surface area (Å²) in [6, 6.07) is 7.96. The van der Waals surface area contributed by atoms with E-state index in [1.54, 1.807) is 7.11 Å². The van der Waals surface area contributed by atoms with Crippen LogP contribution >= 0.6 is 0 Å². The number of ether oxygens (including phenoxy) is 1. The molecule has 94 valence electrons. The number of hydrogen-bond donors (Lipinski definition) is 2. The van der Waals surface area contributed by atoms with E-state index in [1.807, 2.05) is 52.1 Å². The average Bonchev–Trinajstić information content (AvgIpc) is 2.33. The molecule has 1 aromatic rings. The fourth-order valence-corrected chi connectivity index (χ4v) is 0.674. The normalized spacial score (nSPS) is 10.2. The van der Waals surface area contributed by atoms with Crippen LogP contribution in [-0.2, 0) is 0 Å². The van der Waals surface area contributed by atoms with Crippen molar-refractivity contribution < 1.29 is 4.74 Å². The van der Waals surface area contributed by atoms with Gasteiger partial charge in [0.25, 0.3) is 0 Å². The molecule has 0 aliphatic rings. The average molecular weight is 226 g/mol. The molecule has 3 N–H and O–H groups in total. The van der Waals surface area contributed by atoms with Gasteiger partial charge in [-0.1, -0.05) is 31.5 Å². The Labute approximate surface area is 100 Å². The minimum Gasteiger partial charge on any atom is -0.497 e. The van der Waals surface area contributed by atoms with Crippen molar-refractivity contribution in [3.63, 3.8) is 0 Å². The van der Waals surface area contributed by atoms with Crippen LogP contribution in [-0.4, -0.2) is 20.3 Å². The molecule has 3 heteroatoms. The molecule has 0 fully saturated rings. The molecule has 1 unspecified atom stereocenters. The van der Waals surface area contributed by atoms with Crippen molar-refractivity contribution in [3.8, 4) is 5.75 Å². The molecule has 1 rings (SSSR count). The highest BCUT2D eigenvalue weighted by atomic mass is 16.5. The lowest BCUT2D eigenvalue weighted by atomic mass is 10.2. The first-order valence-electron chi connectivity index (χ1n) is 5.63. The molecule has 0 radical (unpaired) electrons. The van der Waals surface area contributed by atoms with Gasteiger partial charge in [-0.3, -0.25) is 0 Å². The third-order valence-electron chi connectivity index (χ3n) is 1.71. The van der Waals surface area contributed by atoms with Crippen molar-refractivity contribution >= 4 is 0 Å². The zero-order valence-electron chi connectivity index (χ0n) is 11.4. The first-order valence-corrected chi connectivity index (χ1v) is 5.63. The van der Waals surface area contributed by atoms with Crippen LogP contribution in [0.4, 0.5) is 0 Å². The molecule has 16 heavy (non-hydrogen) atoms. The van der Waals surface area contributed by atoms with Crippen molar-refractivity contribution in [2.75, 3.05) is 14.2 Å². The summed E-state index contributed by atoms with van der Waals surface area (Å²) < 4.78 is 4.97. The van der Waals surface area contributed by atoms with Gasteiger partial charge in [0.05, 0.1) is 13.3 Å². The summed E-state index contributed by atoms with van der Waals surface area (Å²) in [4.78, 5) is 0. The number of methoxy groups -OCH3 is 1. The molecule has 0 saturated heterocycles. The predicted octanol–water partition coefficient (Wildman–Crippen LogP) is 2.54. The maximum Gasteiger partial charge on any atom is 0.118 e. The Hall–Kier alpha value is -1.06. The van der Waals surface area contributed by atoms with Crippen molar-refractivity contribution in [2.45, 2.75) is 33.9 Å². The number of rotatable bonds is 2. The summed E-state index contributed by atoms with van der Waals surface area (Å²) in [6.45, 7) is 7.94. The van der Waals surface area contributed by atoms with Gasteiger partial charge in [-0.2, -0.15) is 0 Å². The van der Waals surface area contributed by atoms with E-state index in [2.05, 4.69) is 12.2 Å². The molecular formula is C13H26N2O. The summed E-state index contributed by atoms with van der Waals surface area (Å²) in [5.41, 5.74) is 6.44. The van der Waals surface area contributed by atoms with Gasteiger partial charge >= 0.3 is 0 Å². The Kier molecular flexibility index (Phi) is 13.0. The molecule has 0 aliphatic heterocycles. The number of hydrogen-bond acceptors (Lipinski definition) is 3. The van der Waals surface area contributed by atoms with Crippen LogP contribution in [0.5, 0.6) is 5.75 Å². The van der Waals surface area contributed by atoms with E-state index in [0.717, 1.165) is 5.75 Å². The summed E-state index contributed by atoms with van der Waals surface area (Å²) in [7, 11) is 3.50. The zero-order chi connectivity index (χ0) is 13.0. The quantitative estimate of drug-likeness (QED) is 0.762. The Morgan fingerprint density at radius 3 is 1.81 bits per heavy atom. The van der Waals surface area contributed by atoms with Crippen LogP contribution in [0.1, 0.15) is 26.3 Å². The van der Waals surface area contributed by atoms with E-state index in [4.69, 9.17) is 10.5 Å². The van der Waals surface area contributed by atoms with Gasteiger partial charge in [0.2, 0.25) is 0 Å². The van der Waals surface area contributed by atoms with Crippen LogP contribution in [0.25, 0.3) is 0 Å². The fraction of sp³-hybridized carbons (Fsp3) is 0.538. The summed E-state index contributed by atoms with van der Waals surface area (Å²) in [6.07, 6.45) is 0.134. The van der Waals surface area contributed by atoms with Gasteiger partial charge in [-0.05, 0) is 33.0 Å². The lowest BCUT2D eigenvalue weighted by Crippen LogP contribution is -2.30. The second-order valence-electron chi connectivity index (χ2n) is 3.09. The molecule has 0 saturated carbocycles. The van der Waals surface area contributed by atoms with Crippen molar-refractivity contribution in [3.05, 3.63) is 29.8 Å². The van der Waals surface area contributed by atoms with E-state index >= 15 is 0 Å². The van der Waals surface area contributed by atoms with Crippen molar-refractivity contribution in [1.29, 1.82) is 0 Å². The SMILES string of the molecule is CC.CNC(C)N.COc1ccc(C)cc1. The lowest BCUT2D eigenvalue weighted by Gasteiger charge is -1.97. The molecule has 0 bridgehead atoms. The fourth-order valence-electron chi connectivity index (χ4n) is 0.674. The van der Waals surface area contributed by atoms with Gasteiger partial charge in [0, 0.05) is 0 Å². The molecule has 0 aliphatic carbocycles. The molecule has 3 nitrogen and oxygen atoms in total. The van der Waals surface area contributed by atoms with Crippen LogP contribution < -0.4 is 15.8 Å². The first-order chi connectivity index (χ1) is 7.60. The zero-order valence-corrected chi connectivity index (χ0v) is 11.4. The highest BCUT2D eigenvalue weighted by Crippen LogP contribution is 2.09. The summed E-state index contributed by atoms with van der Waals surface area (Å²) in [5, 5.41) is 2.81. The molecule has 0 aromatic heterocycles. The molecular weight excluding hydrogens is 200 g/mol. The van der Waals surface area contributed by atoms with E-state index in [9.17, 15) is 0 Å². The molecule has 1 aromatic carbocycles. The number of nitrogens with one attached hydrogen (secondary N) is 1. The summed E-state index contributed by atoms with van der Waals surface area (Å²) in [5.74, 6) is 0.917. The molecule has 1 atom stereocenters. The number of nitrogens with two attached hydrogens (primary N) is 1. The molecule has 0 amide bonds. The Balaban J connectivity index is 0. The Morgan fingerprint density at radius 2 is 1.56 bits per heavy atom. The van der Waals surface area contributed by atoms with Crippen molar-refractivity contribution in [2.24, 2.45) is 5.73 Å². The Bertz CT molecular complexity index is 232. The second kappa shape index (κ2) is 12.0. The minimum absolute atomic E-state index is 0.134. The van der Waals surface area contributed by atoms with Crippen LogP contribution in [0, 0.1) is 6.92 Å². The minimum atomic E-state index is 0.134. The lowest BCUT2D eigenvalue weighted by molar-refractivity contribution is 0.414. The molecule has 0 spiro atoms. The van der Waals surface area contributed by atoms with Crippen LogP contribution in [0.15, 0.2) is 24.3 Å². The maximum atomic E-state index is 5.18. The van der Waals surface area contributed by atoms with Crippen LogP contribution in [0.2, 0.25) is 0 Å². The van der Waals surface area contributed by atoms with Crippen LogP contribution in [0.3, 0.4) is 0 Å². The van der Waals surface area contributed by atoms with E-state index in [0.29, 0.717) is 0 Å².